The molecule has 0 unspecified atom stereocenters. The van der Waals surface area contributed by atoms with E-state index < -0.39 is 0 Å². The number of hydrogen-bond donors (Lipinski definition) is 2. The van der Waals surface area contributed by atoms with E-state index in [4.69, 9.17) is 0 Å². The van der Waals surface area contributed by atoms with E-state index in [1.165, 1.54) is 24.0 Å². The molecule has 3 nitrogen and oxygen atoms in total. The number of phenols is 1. The monoisotopic (exact) mass is 427 g/mol. The van der Waals surface area contributed by atoms with E-state index >= 15 is 0 Å². The number of rotatable bonds is 7. The van der Waals surface area contributed by atoms with Gasteiger partial charge in [0.1, 0.15) is 5.75 Å². The van der Waals surface area contributed by atoms with Gasteiger partial charge in [0, 0.05) is 6.61 Å². The minimum absolute atomic E-state index is 0.152. The molecule has 166 valence electrons. The minimum atomic E-state index is 0.152. The molecular formula is C29H33NO2. The molecule has 0 spiro atoms. The molecule has 3 aromatic rings. The van der Waals surface area contributed by atoms with Crippen molar-refractivity contribution in [1.82, 2.24) is 4.90 Å². The second-order valence-corrected chi connectivity index (χ2v) is 8.80. The van der Waals surface area contributed by atoms with Crippen molar-refractivity contribution in [2.75, 3.05) is 26.7 Å². The van der Waals surface area contributed by atoms with E-state index in [1.54, 1.807) is 6.07 Å². The maximum absolute atomic E-state index is 10.2. The number of hydrogen-bond acceptors (Lipinski definition) is 3. The standard InChI is InChI=1S/C29H33NO2/c1-30-18-16-23(17-19-30)22-12-14-25(15-13-22)29(26-9-5-10-27(32)21-26)28(11-6-20-31)24-7-3-2-4-8-24/h2-5,7-10,12-15,21,23,31-32H,6,11,16-20H2,1H3/b29-28+. The highest BCUT2D eigenvalue weighted by atomic mass is 16.3. The predicted molar refractivity (Wildman–Crippen MR) is 133 cm³/mol. The van der Waals surface area contributed by atoms with Gasteiger partial charge in [-0.15, -0.1) is 0 Å². The molecule has 1 saturated heterocycles. The fourth-order valence-corrected chi connectivity index (χ4v) is 4.75. The van der Waals surface area contributed by atoms with Crippen LogP contribution in [0.2, 0.25) is 0 Å². The lowest BCUT2D eigenvalue weighted by atomic mass is 9.85. The van der Waals surface area contributed by atoms with Crippen molar-refractivity contribution in [3.05, 3.63) is 101 Å². The topological polar surface area (TPSA) is 43.7 Å². The molecule has 1 aliphatic heterocycles. The fourth-order valence-electron chi connectivity index (χ4n) is 4.75. The Labute approximate surface area is 191 Å². The lowest BCUT2D eigenvalue weighted by molar-refractivity contribution is 0.255. The first kappa shape index (κ1) is 22.3. The van der Waals surface area contributed by atoms with E-state index in [0.717, 1.165) is 41.8 Å². The Morgan fingerprint density at radius 1 is 0.844 bits per heavy atom. The van der Waals surface area contributed by atoms with Gasteiger partial charge in [-0.1, -0.05) is 66.7 Å². The zero-order valence-electron chi connectivity index (χ0n) is 18.9. The minimum Gasteiger partial charge on any atom is -0.508 e. The average molecular weight is 428 g/mol. The molecular weight excluding hydrogens is 394 g/mol. The fraction of sp³-hybridized carbons (Fsp3) is 0.310. The zero-order valence-corrected chi connectivity index (χ0v) is 18.9. The molecule has 0 saturated carbocycles. The summed E-state index contributed by atoms with van der Waals surface area (Å²) < 4.78 is 0. The molecule has 0 radical (unpaired) electrons. The molecule has 1 fully saturated rings. The van der Waals surface area contributed by atoms with Crippen LogP contribution in [0, 0.1) is 0 Å². The van der Waals surface area contributed by atoms with Crippen LogP contribution in [0.25, 0.3) is 11.1 Å². The molecule has 4 rings (SSSR count). The number of aliphatic hydroxyl groups excluding tert-OH is 1. The molecule has 0 aliphatic carbocycles. The van der Waals surface area contributed by atoms with Gasteiger partial charge in [0.15, 0.2) is 0 Å². The first-order valence-corrected chi connectivity index (χ1v) is 11.6. The predicted octanol–water partition coefficient (Wildman–Crippen LogP) is 5.93. The summed E-state index contributed by atoms with van der Waals surface area (Å²) in [4.78, 5) is 2.40. The van der Waals surface area contributed by atoms with Gasteiger partial charge in [-0.2, -0.15) is 0 Å². The Morgan fingerprint density at radius 2 is 1.53 bits per heavy atom. The van der Waals surface area contributed by atoms with Crippen LogP contribution in [0.5, 0.6) is 5.75 Å². The zero-order chi connectivity index (χ0) is 22.3. The number of likely N-dealkylation sites (tertiary alicyclic amines) is 1. The highest BCUT2D eigenvalue weighted by molar-refractivity contribution is 5.98. The van der Waals surface area contributed by atoms with Gasteiger partial charge < -0.3 is 15.1 Å². The van der Waals surface area contributed by atoms with Gasteiger partial charge in [-0.25, -0.2) is 0 Å². The molecule has 0 bridgehead atoms. The van der Waals surface area contributed by atoms with E-state index in [9.17, 15) is 10.2 Å². The van der Waals surface area contributed by atoms with Gasteiger partial charge in [0.05, 0.1) is 0 Å². The van der Waals surface area contributed by atoms with Crippen molar-refractivity contribution in [2.24, 2.45) is 0 Å². The van der Waals surface area contributed by atoms with Crippen molar-refractivity contribution >= 4 is 11.1 Å². The molecule has 1 heterocycles. The average Bonchev–Trinajstić information content (AvgIpc) is 2.83. The summed E-state index contributed by atoms with van der Waals surface area (Å²) in [5.74, 6) is 0.883. The summed E-state index contributed by atoms with van der Waals surface area (Å²) in [6.45, 7) is 2.46. The third-order valence-corrected chi connectivity index (χ3v) is 6.53. The summed E-state index contributed by atoms with van der Waals surface area (Å²) in [5.41, 5.74) is 7.01. The molecule has 0 aromatic heterocycles. The number of aromatic hydroxyl groups is 1. The number of nitrogens with zero attached hydrogens (tertiary/aromatic N) is 1. The van der Waals surface area contributed by atoms with E-state index in [1.807, 2.05) is 18.2 Å². The quantitative estimate of drug-likeness (QED) is 0.459. The summed E-state index contributed by atoms with van der Waals surface area (Å²) in [6, 6.07) is 26.9. The summed E-state index contributed by atoms with van der Waals surface area (Å²) in [7, 11) is 2.20. The lowest BCUT2D eigenvalue weighted by Crippen LogP contribution is -2.29. The molecule has 2 N–H and O–H groups in total. The second-order valence-electron chi connectivity index (χ2n) is 8.80. The maximum atomic E-state index is 10.2. The van der Waals surface area contributed by atoms with E-state index in [2.05, 4.69) is 66.5 Å². The third kappa shape index (κ3) is 5.29. The lowest BCUT2D eigenvalue weighted by Gasteiger charge is -2.29. The van der Waals surface area contributed by atoms with Crippen LogP contribution in [0.4, 0.5) is 0 Å². The first-order valence-electron chi connectivity index (χ1n) is 11.6. The third-order valence-electron chi connectivity index (χ3n) is 6.53. The van der Waals surface area contributed by atoms with Crippen LogP contribution in [-0.4, -0.2) is 41.9 Å². The highest BCUT2D eigenvalue weighted by Crippen LogP contribution is 2.37. The number of piperidine rings is 1. The van der Waals surface area contributed by atoms with Crippen LogP contribution in [0.3, 0.4) is 0 Å². The van der Waals surface area contributed by atoms with Gasteiger partial charge in [-0.3, -0.25) is 0 Å². The summed E-state index contributed by atoms with van der Waals surface area (Å²) in [5, 5.41) is 19.8. The van der Waals surface area contributed by atoms with Crippen molar-refractivity contribution in [1.29, 1.82) is 0 Å². The highest BCUT2D eigenvalue weighted by Gasteiger charge is 2.19. The number of allylic oxidation sites excluding steroid dienone is 1. The molecule has 3 aromatic carbocycles. The van der Waals surface area contributed by atoms with Crippen LogP contribution >= 0.6 is 0 Å². The first-order chi connectivity index (χ1) is 15.7. The van der Waals surface area contributed by atoms with Crippen LogP contribution in [0.15, 0.2) is 78.9 Å². The SMILES string of the molecule is CN1CCC(c2ccc(/C(=C(/CCCO)c3ccccc3)c3cccc(O)c3)cc2)CC1. The molecule has 0 atom stereocenters. The van der Waals surface area contributed by atoms with Gasteiger partial charge in [0.2, 0.25) is 0 Å². The maximum Gasteiger partial charge on any atom is 0.116 e. The van der Waals surface area contributed by atoms with E-state index in [-0.39, 0.29) is 12.4 Å². The Morgan fingerprint density at radius 3 is 2.19 bits per heavy atom. The van der Waals surface area contributed by atoms with Gasteiger partial charge >= 0.3 is 0 Å². The molecule has 1 aliphatic rings. The summed E-state index contributed by atoms with van der Waals surface area (Å²) >= 11 is 0. The van der Waals surface area contributed by atoms with Crippen LogP contribution < -0.4 is 0 Å². The Bertz CT molecular complexity index is 1030. The number of benzene rings is 3. The Balaban J connectivity index is 1.79. The number of aliphatic hydroxyl groups is 1. The van der Waals surface area contributed by atoms with Crippen LogP contribution in [0.1, 0.15) is 53.9 Å². The summed E-state index contributed by atoms with van der Waals surface area (Å²) in [6.07, 6.45) is 3.87. The normalized spacial score (nSPS) is 16.1. The second kappa shape index (κ2) is 10.6. The Hall–Kier alpha value is -2.88. The Kier molecular flexibility index (Phi) is 7.41. The van der Waals surface area contributed by atoms with E-state index in [0.29, 0.717) is 12.3 Å². The van der Waals surface area contributed by atoms with Crippen molar-refractivity contribution in [3.63, 3.8) is 0 Å². The van der Waals surface area contributed by atoms with Crippen molar-refractivity contribution < 1.29 is 10.2 Å². The van der Waals surface area contributed by atoms with Crippen molar-refractivity contribution in [2.45, 2.75) is 31.6 Å². The van der Waals surface area contributed by atoms with Gasteiger partial charge in [0.25, 0.3) is 0 Å². The molecule has 0 amide bonds. The van der Waals surface area contributed by atoms with Crippen LogP contribution in [-0.2, 0) is 0 Å². The van der Waals surface area contributed by atoms with Crippen molar-refractivity contribution in [3.8, 4) is 5.75 Å². The largest absolute Gasteiger partial charge is 0.508 e. The van der Waals surface area contributed by atoms with Gasteiger partial charge in [-0.05, 0) is 97.3 Å². The molecule has 32 heavy (non-hydrogen) atoms. The number of phenolic OH excluding ortho intramolecular Hbond substituents is 1. The smallest absolute Gasteiger partial charge is 0.116 e. The molecule has 3 heteroatoms.